The van der Waals surface area contributed by atoms with Crippen LogP contribution in [0.5, 0.6) is 0 Å². The fourth-order valence-electron chi connectivity index (χ4n) is 5.49. The largest absolute Gasteiger partial charge is 3.00 e. The van der Waals surface area contributed by atoms with Crippen LogP contribution in [0, 0.1) is 86.4 Å². The first-order chi connectivity index (χ1) is 42.3. The summed E-state index contributed by atoms with van der Waals surface area (Å²) in [5, 5.41) is 28.5. The number of carbonyl (C=O) groups excluding carboxylic acids is 9. The van der Waals surface area contributed by atoms with Gasteiger partial charge in [-0.2, -0.15) is 39.5 Å². The van der Waals surface area contributed by atoms with Crippen molar-refractivity contribution in [2.75, 3.05) is 41.4 Å². The molecule has 95 heavy (non-hydrogen) atoms. The summed E-state index contributed by atoms with van der Waals surface area (Å²) in [6.45, 7) is 26.6. The van der Waals surface area contributed by atoms with E-state index in [2.05, 4.69) is 52.3 Å². The normalized spacial score (nSPS) is 11.3. The van der Waals surface area contributed by atoms with Crippen LogP contribution in [0.15, 0.2) is 158 Å². The average Bonchev–Trinajstić information content (AvgIpc) is 0.876. The van der Waals surface area contributed by atoms with E-state index in [9.17, 15) is 92.9 Å². The van der Waals surface area contributed by atoms with Crippen molar-refractivity contribution in [3.63, 3.8) is 0 Å². The van der Waals surface area contributed by atoms with Crippen LogP contribution in [-0.2, 0) is 38.3 Å². The number of quaternary nitrogens is 1. The van der Waals surface area contributed by atoms with E-state index in [0.29, 0.717) is 33.6 Å². The van der Waals surface area contributed by atoms with Crippen molar-refractivity contribution in [2.24, 2.45) is 0 Å². The third-order valence-corrected chi connectivity index (χ3v) is 10.4. The van der Waals surface area contributed by atoms with Gasteiger partial charge in [-0.3, -0.25) is 38.4 Å². The van der Waals surface area contributed by atoms with Gasteiger partial charge in [-0.1, -0.05) is 82.3 Å². The van der Waals surface area contributed by atoms with Crippen molar-refractivity contribution in [3.8, 4) is 0 Å². The number of benzene rings is 4. The van der Waals surface area contributed by atoms with Crippen LogP contribution in [0.3, 0.4) is 0 Å². The van der Waals surface area contributed by atoms with E-state index in [-0.39, 0.29) is 158 Å². The number of piperidine rings is 1. The fraction of sp³-hybridized carbons (Fsp3) is 0.274. The maximum absolute atomic E-state index is 12.1. The summed E-state index contributed by atoms with van der Waals surface area (Å²) in [5.41, 5.74) is 9.66. The van der Waals surface area contributed by atoms with Crippen LogP contribution in [0.1, 0.15) is 108 Å². The number of esters is 1. The van der Waals surface area contributed by atoms with Gasteiger partial charge in [0.05, 0.1) is 19.7 Å². The minimum Gasteiger partial charge on any atom is -1.00 e. The van der Waals surface area contributed by atoms with Gasteiger partial charge in [0, 0.05) is 79.4 Å². The second kappa shape index (κ2) is 53.6. The molecule has 1 saturated heterocycles. The van der Waals surface area contributed by atoms with E-state index in [0.717, 1.165) is 0 Å². The van der Waals surface area contributed by atoms with E-state index >= 15 is 0 Å². The summed E-state index contributed by atoms with van der Waals surface area (Å²) >= 11 is 2.83. The summed E-state index contributed by atoms with van der Waals surface area (Å²) in [5.74, 6) is -9.32. The van der Waals surface area contributed by atoms with Crippen LogP contribution in [0.2, 0.25) is 0 Å². The van der Waals surface area contributed by atoms with Gasteiger partial charge in [-0.05, 0) is 128 Å². The summed E-state index contributed by atoms with van der Waals surface area (Å²) in [4.78, 5) is 97.0. The first kappa shape index (κ1) is 102. The summed E-state index contributed by atoms with van der Waals surface area (Å²) < 4.78 is 125. The van der Waals surface area contributed by atoms with Crippen LogP contribution in [0.4, 0.5) is 62.3 Å². The molecule has 4 aromatic carbocycles. The standard InChI is InChI=1S/2C14H12F3NO3.C12H13NO2.C8H9NO.C5H11N.C4H5ClO.C4H5F3O2.CH4.3ClH.2Eu.Na.H/c2*1-8(2)13(21)18-10-5-3-4-9(6-10)11(19)7-12(20)14(15,16)17;1-8(2)12(15)13-11-6-4-5-10(7-11)9(3)14;1-6(10)7-3-2-4-8(9)5-7;1-2-4-6-5-3-1;1-3(2)4(5)6;1-2-9-3(8)4(5,6)7;;;;;;;;/h2*3-7,19H,1H2,2H3,(H,18,21);4-7H,1H2,2-3H3,(H,13,15);2-5H,9H2,1H3;6H,1-5H2;1H2,2H3;2H2,1H3;1H4;3*1H;;;;/q;;;;;;;;;;;2*+3;+1;-1/p-2. The Hall–Kier alpha value is -4.39. The van der Waals surface area contributed by atoms with Crippen molar-refractivity contribution < 1.29 is 220 Å². The molecule has 9 N–H and O–H groups in total. The smallest absolute Gasteiger partial charge is 1.00 e. The monoisotopic (exact) mass is 1720 g/mol. The van der Waals surface area contributed by atoms with Gasteiger partial charge in [0.1, 0.15) is 11.5 Å². The van der Waals surface area contributed by atoms with E-state index in [4.69, 9.17) is 29.8 Å². The number of aliphatic hydroxyl groups excluding tert-OH is 2. The third kappa shape index (κ3) is 52.4. The van der Waals surface area contributed by atoms with Crippen LogP contribution in [0.25, 0.3) is 11.5 Å². The number of amides is 3. The van der Waals surface area contributed by atoms with Crippen molar-refractivity contribution in [3.05, 3.63) is 180 Å². The first-order valence-corrected chi connectivity index (χ1v) is 35.5. The van der Waals surface area contributed by atoms with Gasteiger partial charge in [-0.25, -0.2) is 4.79 Å². The molecular weight excluding hydrogens is 1650 g/mol. The van der Waals surface area contributed by atoms with Gasteiger partial charge in [-0.15, -0.1) is 0 Å². The molecular formula is C62H73Cl4Eu2F9N5NaO12+4. The van der Waals surface area contributed by atoms with E-state index in [1.807, 2.05) is 0 Å². The minimum atomic E-state index is -5.06. The Morgan fingerprint density at radius 1 is 0.558 bits per heavy atom. The molecule has 0 bridgehead atoms. The zero-order valence-electron chi connectivity index (χ0n) is 52.8. The molecule has 3 amide bonds. The third-order valence-electron chi connectivity index (χ3n) is 10.1. The number of hydrogen-bond acceptors (Lipinski definition) is 13. The molecule has 33 heteroatoms. The molecule has 5 rings (SSSR count). The fourth-order valence-corrected chi connectivity index (χ4v) is 5.49. The number of halogens is 13. The summed E-state index contributed by atoms with van der Waals surface area (Å²) in [6, 6.07) is 24.6. The molecule has 1 aliphatic heterocycles. The van der Waals surface area contributed by atoms with Gasteiger partial charge in [0.15, 0.2) is 11.6 Å². The van der Waals surface area contributed by atoms with Crippen molar-refractivity contribution in [2.45, 2.75) is 93.7 Å². The number of ether oxygens (including phenoxy) is 1. The molecule has 0 aromatic heterocycles. The topological polar surface area (TPSA) is 282 Å². The van der Waals surface area contributed by atoms with E-state index < -0.39 is 102 Å². The summed E-state index contributed by atoms with van der Waals surface area (Å²) in [7, 11) is 0. The molecule has 0 unspecified atom stereocenters. The predicted molar refractivity (Wildman–Crippen MR) is 343 cm³/mol. The Kier molecular flexibility index (Phi) is 57.3. The Morgan fingerprint density at radius 2 is 0.842 bits per heavy atom. The minimum absolute atomic E-state index is 0. The molecule has 0 atom stereocenters. The van der Waals surface area contributed by atoms with Gasteiger partial charge >= 0.3 is 153 Å². The SMILES string of the molecule is C.C1CC[NH2+]CC1.C=C(C)C(=O)Cl.C=C(C)C(=O)Nc1cccc(C(C)=O)c1.C=C(C)C(=O)Nc1cccc(C(O)=CC(=O)C(F)(F)F)c1.C=C(C)C(=O)Nc1cccc(C(O)=CC(=O)C(F)(F)F)c1.CC(=O)c1cccc(N)c1.CCOC(=O)C(F)(F)F.[Cl][Eu]([Cl])[Cl].[Eu+3].[H-].[Na+]. The van der Waals surface area contributed by atoms with Crippen LogP contribution in [-0.4, -0.2) is 101 Å². The number of nitrogens with two attached hydrogens (primary N) is 2. The Balaban J connectivity index is -0.000000197. The molecule has 4 aromatic rings. The van der Waals surface area contributed by atoms with E-state index in [1.54, 1.807) is 62.4 Å². The van der Waals surface area contributed by atoms with Gasteiger partial charge in [0.25, 0.3) is 29.3 Å². The number of anilines is 4. The second-order valence-corrected chi connectivity index (χ2v) is 29.3. The maximum atomic E-state index is 12.1. The molecule has 1 heterocycles. The number of rotatable bonds is 14. The molecule has 0 spiro atoms. The number of allylic oxidation sites excluding steroid dienone is 3. The molecule has 0 aliphatic carbocycles. The van der Waals surface area contributed by atoms with Gasteiger partial charge in [0.2, 0.25) is 5.24 Å². The molecule has 0 radical (unpaired) electrons. The number of hydrogen-bond donors (Lipinski definition) is 7. The molecule has 1 fully saturated rings. The zero-order chi connectivity index (χ0) is 71.9. The maximum Gasteiger partial charge on any atom is 3.00 e. The quantitative estimate of drug-likeness (QED) is 0.00905. The van der Waals surface area contributed by atoms with Crippen molar-refractivity contribution >= 4 is 110 Å². The first-order valence-electron chi connectivity index (χ1n) is 26.0. The van der Waals surface area contributed by atoms with Gasteiger partial charge < -0.3 is 43.4 Å². The predicted octanol–water partition coefficient (Wildman–Crippen LogP) is 12.3. The molecule has 1 aliphatic rings. The van der Waals surface area contributed by atoms with Crippen LogP contribution >= 0.6 is 24.1 Å². The number of aliphatic hydroxyl groups is 2. The molecule has 17 nitrogen and oxygen atoms in total. The Bertz CT molecular complexity index is 3170. The van der Waals surface area contributed by atoms with Crippen LogP contribution < -0.4 is 56.6 Å². The Morgan fingerprint density at radius 3 is 1.04 bits per heavy atom. The van der Waals surface area contributed by atoms with Crippen molar-refractivity contribution in [1.82, 2.24) is 0 Å². The second-order valence-electron chi connectivity index (χ2n) is 18.3. The molecule has 520 valence electrons. The number of carbonyl (C=O) groups is 9. The number of alkyl halides is 9. The number of ketones is 4. The molecule has 0 saturated carbocycles. The zero-order valence-corrected chi connectivity index (χ0v) is 61.6. The summed E-state index contributed by atoms with van der Waals surface area (Å²) in [6.07, 6.45) is -10.4. The number of nitrogen functional groups attached to an aromatic ring is 1. The number of Topliss-reactive ketones (excluding diaryl/α,β-unsaturated/α-hetero) is 2. The van der Waals surface area contributed by atoms with Crippen molar-refractivity contribution in [1.29, 1.82) is 0 Å². The Labute approximate surface area is 637 Å². The number of nitrogens with one attached hydrogen (secondary N) is 3. The van der Waals surface area contributed by atoms with E-state index in [1.165, 1.54) is 116 Å². The average molecular weight is 1720 g/mol.